The van der Waals surface area contributed by atoms with Crippen LogP contribution in [0.2, 0.25) is 0 Å². The van der Waals surface area contributed by atoms with Crippen molar-refractivity contribution in [2.45, 2.75) is 53.8 Å². The standard InChI is InChI=1S/C14H26O6/c1-13(2,3)7-19-9(11(15)16)10(12(17)18)20-8-14(4,5)6/h9-10H,7-8H2,1-6H3,(H,15,16)(H,17,18). The molecular weight excluding hydrogens is 264 g/mol. The zero-order valence-corrected chi connectivity index (χ0v) is 13.1. The quantitative estimate of drug-likeness (QED) is 0.745. The van der Waals surface area contributed by atoms with Crippen LogP contribution >= 0.6 is 0 Å². The summed E-state index contributed by atoms with van der Waals surface area (Å²) in [7, 11) is 0. The van der Waals surface area contributed by atoms with Crippen molar-refractivity contribution >= 4 is 11.9 Å². The van der Waals surface area contributed by atoms with Crippen LogP contribution < -0.4 is 0 Å². The number of aliphatic carboxylic acids is 2. The molecule has 118 valence electrons. The molecule has 0 heterocycles. The van der Waals surface area contributed by atoms with E-state index in [1.165, 1.54) is 0 Å². The lowest BCUT2D eigenvalue weighted by atomic mass is 9.98. The van der Waals surface area contributed by atoms with E-state index in [1.807, 2.05) is 41.5 Å². The average Bonchev–Trinajstić information content (AvgIpc) is 2.18. The Morgan fingerprint density at radius 3 is 1.20 bits per heavy atom. The summed E-state index contributed by atoms with van der Waals surface area (Å²) in [6.07, 6.45) is -3.04. The van der Waals surface area contributed by atoms with E-state index in [9.17, 15) is 9.59 Å². The smallest absolute Gasteiger partial charge is 0.336 e. The third-order valence-corrected chi connectivity index (χ3v) is 2.15. The predicted octanol–water partition coefficient (Wildman–Crippen LogP) is 2.02. The highest BCUT2D eigenvalue weighted by Crippen LogP contribution is 2.19. The first-order chi connectivity index (χ1) is 8.83. The Morgan fingerprint density at radius 1 is 0.800 bits per heavy atom. The van der Waals surface area contributed by atoms with Gasteiger partial charge in [0.05, 0.1) is 13.2 Å². The van der Waals surface area contributed by atoms with Gasteiger partial charge in [0.1, 0.15) is 0 Å². The summed E-state index contributed by atoms with van der Waals surface area (Å²) in [6.45, 7) is 11.5. The Morgan fingerprint density at radius 2 is 1.05 bits per heavy atom. The predicted molar refractivity (Wildman–Crippen MR) is 73.7 cm³/mol. The van der Waals surface area contributed by atoms with Crippen LogP contribution in [0.25, 0.3) is 0 Å². The molecule has 0 fully saturated rings. The van der Waals surface area contributed by atoms with Crippen molar-refractivity contribution in [1.82, 2.24) is 0 Å². The first kappa shape index (κ1) is 18.9. The molecule has 2 N–H and O–H groups in total. The number of ether oxygens (including phenoxy) is 2. The largest absolute Gasteiger partial charge is 0.479 e. The molecule has 6 nitrogen and oxygen atoms in total. The lowest BCUT2D eigenvalue weighted by Crippen LogP contribution is -2.45. The molecule has 6 heteroatoms. The number of rotatable bonds is 7. The molecule has 0 rings (SSSR count). The highest BCUT2D eigenvalue weighted by atomic mass is 16.6. The Labute approximate surface area is 120 Å². The summed E-state index contributed by atoms with van der Waals surface area (Å²) < 4.78 is 10.5. The molecule has 0 aromatic rings. The van der Waals surface area contributed by atoms with Crippen molar-refractivity contribution in [2.75, 3.05) is 13.2 Å². The molecule has 0 bridgehead atoms. The molecule has 0 saturated heterocycles. The van der Waals surface area contributed by atoms with Gasteiger partial charge in [0.25, 0.3) is 0 Å². The summed E-state index contributed by atoms with van der Waals surface area (Å²) in [5.74, 6) is -2.67. The highest BCUT2D eigenvalue weighted by molar-refractivity contribution is 5.83. The molecule has 0 spiro atoms. The van der Waals surface area contributed by atoms with Crippen molar-refractivity contribution < 1.29 is 29.3 Å². The van der Waals surface area contributed by atoms with Gasteiger partial charge in [0.15, 0.2) is 12.2 Å². The molecule has 0 saturated carbocycles. The van der Waals surface area contributed by atoms with E-state index in [4.69, 9.17) is 19.7 Å². The van der Waals surface area contributed by atoms with E-state index in [0.29, 0.717) is 0 Å². The average molecular weight is 290 g/mol. The molecule has 2 unspecified atom stereocenters. The van der Waals surface area contributed by atoms with Gasteiger partial charge in [-0.1, -0.05) is 41.5 Å². The van der Waals surface area contributed by atoms with E-state index in [2.05, 4.69) is 0 Å². The first-order valence-electron chi connectivity index (χ1n) is 6.52. The highest BCUT2D eigenvalue weighted by Gasteiger charge is 2.37. The Balaban J connectivity index is 4.88. The zero-order chi connectivity index (χ0) is 16.1. The molecule has 0 aliphatic heterocycles. The maximum Gasteiger partial charge on any atom is 0.336 e. The van der Waals surface area contributed by atoms with Crippen LogP contribution in [0.4, 0.5) is 0 Å². The normalized spacial score (nSPS) is 15.7. The van der Waals surface area contributed by atoms with Crippen LogP contribution in [0, 0.1) is 10.8 Å². The van der Waals surface area contributed by atoms with Gasteiger partial charge in [-0.15, -0.1) is 0 Å². The fourth-order valence-corrected chi connectivity index (χ4v) is 1.26. The van der Waals surface area contributed by atoms with Crippen LogP contribution in [-0.4, -0.2) is 47.6 Å². The lowest BCUT2D eigenvalue weighted by Gasteiger charge is -2.27. The number of carboxylic acids is 2. The van der Waals surface area contributed by atoms with Crippen molar-refractivity contribution in [2.24, 2.45) is 10.8 Å². The van der Waals surface area contributed by atoms with E-state index < -0.39 is 24.1 Å². The van der Waals surface area contributed by atoms with Crippen LogP contribution in [0.15, 0.2) is 0 Å². The Bertz CT molecular complexity index is 303. The number of carboxylic acid groups (broad SMARTS) is 2. The van der Waals surface area contributed by atoms with Crippen LogP contribution in [-0.2, 0) is 19.1 Å². The van der Waals surface area contributed by atoms with Crippen molar-refractivity contribution in [1.29, 1.82) is 0 Å². The third-order valence-electron chi connectivity index (χ3n) is 2.15. The summed E-state index contributed by atoms with van der Waals surface area (Å²) in [5, 5.41) is 18.3. The maximum atomic E-state index is 11.2. The van der Waals surface area contributed by atoms with Gasteiger partial charge in [-0.25, -0.2) is 9.59 Å². The van der Waals surface area contributed by atoms with E-state index >= 15 is 0 Å². The number of hydrogen-bond donors (Lipinski definition) is 2. The Hall–Kier alpha value is -1.14. The molecule has 0 radical (unpaired) electrons. The van der Waals surface area contributed by atoms with Gasteiger partial charge in [0, 0.05) is 0 Å². The molecule has 0 aromatic heterocycles. The second kappa shape index (κ2) is 7.04. The van der Waals surface area contributed by atoms with Crippen molar-refractivity contribution in [3.05, 3.63) is 0 Å². The van der Waals surface area contributed by atoms with E-state index in [1.54, 1.807) is 0 Å². The molecule has 0 amide bonds. The third kappa shape index (κ3) is 8.12. The molecule has 0 aliphatic rings. The minimum atomic E-state index is -1.52. The van der Waals surface area contributed by atoms with E-state index in [0.717, 1.165) is 0 Å². The summed E-state index contributed by atoms with van der Waals surface area (Å²) >= 11 is 0. The van der Waals surface area contributed by atoms with Gasteiger partial charge >= 0.3 is 11.9 Å². The minimum absolute atomic E-state index is 0.132. The zero-order valence-electron chi connectivity index (χ0n) is 13.1. The molecule has 2 atom stereocenters. The van der Waals surface area contributed by atoms with Gasteiger partial charge in [-0.05, 0) is 10.8 Å². The fourth-order valence-electron chi connectivity index (χ4n) is 1.26. The first-order valence-corrected chi connectivity index (χ1v) is 6.52. The lowest BCUT2D eigenvalue weighted by molar-refractivity contribution is -0.181. The second-order valence-corrected chi connectivity index (χ2v) is 7.26. The maximum absolute atomic E-state index is 11.2. The van der Waals surface area contributed by atoms with Gasteiger partial charge < -0.3 is 19.7 Å². The van der Waals surface area contributed by atoms with Gasteiger partial charge in [0.2, 0.25) is 0 Å². The number of carbonyl (C=O) groups is 2. The van der Waals surface area contributed by atoms with Crippen LogP contribution in [0.5, 0.6) is 0 Å². The fraction of sp³-hybridized carbons (Fsp3) is 0.857. The van der Waals surface area contributed by atoms with Gasteiger partial charge in [-0.3, -0.25) is 0 Å². The van der Waals surface area contributed by atoms with Crippen molar-refractivity contribution in [3.63, 3.8) is 0 Å². The molecule has 20 heavy (non-hydrogen) atoms. The van der Waals surface area contributed by atoms with Gasteiger partial charge in [-0.2, -0.15) is 0 Å². The second-order valence-electron chi connectivity index (χ2n) is 7.26. The topological polar surface area (TPSA) is 93.1 Å². The summed E-state index contributed by atoms with van der Waals surface area (Å²) in [4.78, 5) is 22.4. The monoisotopic (exact) mass is 290 g/mol. The summed E-state index contributed by atoms with van der Waals surface area (Å²) in [5.41, 5.74) is -0.526. The minimum Gasteiger partial charge on any atom is -0.479 e. The van der Waals surface area contributed by atoms with Crippen LogP contribution in [0.3, 0.4) is 0 Å². The van der Waals surface area contributed by atoms with Crippen LogP contribution in [0.1, 0.15) is 41.5 Å². The van der Waals surface area contributed by atoms with Crippen molar-refractivity contribution in [3.8, 4) is 0 Å². The molecule has 0 aromatic carbocycles. The molecule has 0 aliphatic carbocycles. The Kier molecular flexibility index (Phi) is 6.64. The SMILES string of the molecule is CC(C)(C)COC(C(=O)O)C(OCC(C)(C)C)C(=O)O. The summed E-state index contributed by atoms with van der Waals surface area (Å²) in [6, 6.07) is 0. The molecular formula is C14H26O6. The van der Waals surface area contributed by atoms with E-state index in [-0.39, 0.29) is 24.0 Å². The number of hydrogen-bond acceptors (Lipinski definition) is 4.